The molecule has 0 bridgehead atoms. The molecule has 1 saturated heterocycles. The van der Waals surface area contributed by atoms with Crippen LogP contribution in [0.5, 0.6) is 0 Å². The summed E-state index contributed by atoms with van der Waals surface area (Å²) in [5, 5.41) is 19.8. The lowest BCUT2D eigenvalue weighted by atomic mass is 9.99. The van der Waals surface area contributed by atoms with Crippen molar-refractivity contribution in [3.8, 4) is 11.8 Å². The number of amides is 1. The molecule has 2 heterocycles. The number of carbonyl (C=O) groups is 1. The van der Waals surface area contributed by atoms with Gasteiger partial charge in [0.15, 0.2) is 0 Å². The van der Waals surface area contributed by atoms with Crippen LogP contribution in [0.1, 0.15) is 47.3 Å². The third-order valence-corrected chi connectivity index (χ3v) is 4.57. The molecule has 1 amide bonds. The standard InChI is InChI=1S/C16H21NO3S/c18-10-4-2-5-13-8-12-21-15(13)16(20)17-9-3-1-6-14(17)7-11-19/h8,12,14,18-19H,1,3-4,6-7,9-11H2. The number of nitrogens with zero attached hydrogens (tertiary/aromatic N) is 1. The average Bonchev–Trinajstić information content (AvgIpc) is 2.96. The van der Waals surface area contributed by atoms with Crippen LogP contribution in [0.25, 0.3) is 0 Å². The Morgan fingerprint density at radius 3 is 3.00 bits per heavy atom. The van der Waals surface area contributed by atoms with Crippen LogP contribution in [0, 0.1) is 11.8 Å². The van der Waals surface area contributed by atoms with Crippen LogP contribution < -0.4 is 0 Å². The molecule has 1 aliphatic rings. The molecule has 1 unspecified atom stereocenters. The summed E-state index contributed by atoms with van der Waals surface area (Å²) in [6.45, 7) is 0.901. The molecule has 2 N–H and O–H groups in total. The Labute approximate surface area is 129 Å². The Hall–Kier alpha value is -1.35. The van der Waals surface area contributed by atoms with Crippen molar-refractivity contribution in [1.82, 2.24) is 4.90 Å². The molecule has 0 aliphatic carbocycles. The summed E-state index contributed by atoms with van der Waals surface area (Å²) < 4.78 is 0. The quantitative estimate of drug-likeness (QED) is 0.835. The maximum Gasteiger partial charge on any atom is 0.265 e. The van der Waals surface area contributed by atoms with E-state index < -0.39 is 0 Å². The van der Waals surface area contributed by atoms with E-state index in [2.05, 4.69) is 11.8 Å². The van der Waals surface area contributed by atoms with E-state index in [1.54, 1.807) is 0 Å². The first kappa shape index (κ1) is 16.0. The van der Waals surface area contributed by atoms with Gasteiger partial charge in [-0.3, -0.25) is 4.79 Å². The number of rotatable bonds is 4. The Balaban J connectivity index is 2.15. The molecule has 0 radical (unpaired) electrons. The van der Waals surface area contributed by atoms with Crippen LogP contribution in [0.4, 0.5) is 0 Å². The van der Waals surface area contributed by atoms with E-state index in [9.17, 15) is 4.79 Å². The van der Waals surface area contributed by atoms with E-state index in [4.69, 9.17) is 10.2 Å². The maximum absolute atomic E-state index is 12.7. The molecule has 1 aromatic heterocycles. The zero-order valence-corrected chi connectivity index (χ0v) is 12.9. The van der Waals surface area contributed by atoms with Gasteiger partial charge in [-0.1, -0.05) is 11.8 Å². The van der Waals surface area contributed by atoms with Gasteiger partial charge in [0.05, 0.1) is 6.61 Å². The topological polar surface area (TPSA) is 60.8 Å². The van der Waals surface area contributed by atoms with Gasteiger partial charge in [0, 0.05) is 31.2 Å². The third-order valence-electron chi connectivity index (χ3n) is 3.67. The second kappa shape index (κ2) is 8.18. The maximum atomic E-state index is 12.7. The lowest BCUT2D eigenvalue weighted by Gasteiger charge is -2.35. The highest BCUT2D eigenvalue weighted by molar-refractivity contribution is 7.12. The Morgan fingerprint density at radius 2 is 2.24 bits per heavy atom. The van der Waals surface area contributed by atoms with E-state index in [0.717, 1.165) is 31.4 Å². The van der Waals surface area contributed by atoms with Gasteiger partial charge >= 0.3 is 0 Å². The Kier molecular flexibility index (Phi) is 6.24. The Bertz CT molecular complexity index is 527. The molecule has 5 heteroatoms. The fourth-order valence-corrected chi connectivity index (χ4v) is 3.44. The molecule has 1 atom stereocenters. The van der Waals surface area contributed by atoms with Gasteiger partial charge in [-0.15, -0.1) is 11.3 Å². The normalized spacial score (nSPS) is 18.2. The van der Waals surface area contributed by atoms with E-state index in [1.807, 2.05) is 16.3 Å². The van der Waals surface area contributed by atoms with E-state index in [-0.39, 0.29) is 25.2 Å². The van der Waals surface area contributed by atoms with Gasteiger partial charge in [-0.05, 0) is 37.1 Å². The van der Waals surface area contributed by atoms with Crippen molar-refractivity contribution in [1.29, 1.82) is 0 Å². The largest absolute Gasteiger partial charge is 0.396 e. The summed E-state index contributed by atoms with van der Waals surface area (Å²) in [6.07, 6.45) is 4.15. The first-order chi connectivity index (χ1) is 10.3. The fraction of sp³-hybridized carbons (Fsp3) is 0.562. The number of carbonyl (C=O) groups excluding carboxylic acids is 1. The highest BCUT2D eigenvalue weighted by atomic mass is 32.1. The van der Waals surface area contributed by atoms with E-state index in [1.165, 1.54) is 11.3 Å². The number of likely N-dealkylation sites (tertiary alicyclic amines) is 1. The molecular weight excluding hydrogens is 286 g/mol. The smallest absolute Gasteiger partial charge is 0.265 e. The number of hydrogen-bond acceptors (Lipinski definition) is 4. The lowest BCUT2D eigenvalue weighted by Crippen LogP contribution is -2.44. The predicted molar refractivity (Wildman–Crippen MR) is 83.3 cm³/mol. The first-order valence-electron chi connectivity index (χ1n) is 7.37. The molecule has 4 nitrogen and oxygen atoms in total. The Morgan fingerprint density at radius 1 is 1.38 bits per heavy atom. The number of hydrogen-bond donors (Lipinski definition) is 2. The number of thiophene rings is 1. The molecule has 21 heavy (non-hydrogen) atoms. The molecule has 1 aromatic rings. The third kappa shape index (κ3) is 4.07. The van der Waals surface area contributed by atoms with Crippen molar-refractivity contribution in [2.75, 3.05) is 19.8 Å². The molecule has 2 rings (SSSR count). The first-order valence-corrected chi connectivity index (χ1v) is 8.25. The van der Waals surface area contributed by atoms with Gasteiger partial charge in [-0.2, -0.15) is 0 Å². The summed E-state index contributed by atoms with van der Waals surface area (Å²) in [7, 11) is 0. The molecule has 1 fully saturated rings. The zero-order valence-electron chi connectivity index (χ0n) is 12.0. The average molecular weight is 307 g/mol. The summed E-state index contributed by atoms with van der Waals surface area (Å²) in [5.74, 6) is 5.86. The minimum absolute atomic E-state index is 0.0245. The number of piperidine rings is 1. The van der Waals surface area contributed by atoms with Gasteiger partial charge in [0.25, 0.3) is 5.91 Å². The fourth-order valence-electron chi connectivity index (χ4n) is 2.63. The van der Waals surface area contributed by atoms with Crippen molar-refractivity contribution in [2.45, 2.75) is 38.1 Å². The number of aliphatic hydroxyl groups excluding tert-OH is 2. The molecule has 0 aromatic carbocycles. The summed E-state index contributed by atoms with van der Waals surface area (Å²) in [5.41, 5.74) is 0.742. The van der Waals surface area contributed by atoms with Crippen LogP contribution in [0.15, 0.2) is 11.4 Å². The predicted octanol–water partition coefficient (Wildman–Crippen LogP) is 1.86. The molecule has 114 valence electrons. The van der Waals surface area contributed by atoms with Crippen LogP contribution in [-0.2, 0) is 0 Å². The van der Waals surface area contributed by atoms with Crippen LogP contribution in [0.3, 0.4) is 0 Å². The highest BCUT2D eigenvalue weighted by Crippen LogP contribution is 2.25. The zero-order chi connectivity index (χ0) is 15.1. The molecule has 1 aliphatic heterocycles. The van der Waals surface area contributed by atoms with Crippen molar-refractivity contribution in [3.63, 3.8) is 0 Å². The van der Waals surface area contributed by atoms with E-state index >= 15 is 0 Å². The van der Waals surface area contributed by atoms with Crippen molar-refractivity contribution in [2.24, 2.45) is 0 Å². The lowest BCUT2D eigenvalue weighted by molar-refractivity contribution is 0.0579. The van der Waals surface area contributed by atoms with Crippen molar-refractivity contribution < 1.29 is 15.0 Å². The van der Waals surface area contributed by atoms with Gasteiger partial charge in [-0.25, -0.2) is 0 Å². The summed E-state index contributed by atoms with van der Waals surface area (Å²) >= 11 is 1.41. The van der Waals surface area contributed by atoms with Crippen molar-refractivity contribution >= 4 is 17.2 Å². The SMILES string of the molecule is O=C(c1sccc1C#CCCO)N1CCCCC1CCO. The highest BCUT2D eigenvalue weighted by Gasteiger charge is 2.28. The van der Waals surface area contributed by atoms with Gasteiger partial charge in [0.2, 0.25) is 0 Å². The van der Waals surface area contributed by atoms with Crippen LogP contribution in [-0.4, -0.2) is 46.8 Å². The van der Waals surface area contributed by atoms with Crippen molar-refractivity contribution in [3.05, 3.63) is 21.9 Å². The number of aliphatic hydroxyl groups is 2. The molecule has 0 saturated carbocycles. The van der Waals surface area contributed by atoms with E-state index in [0.29, 0.717) is 17.7 Å². The summed E-state index contributed by atoms with van der Waals surface area (Å²) in [6, 6.07) is 1.99. The van der Waals surface area contributed by atoms with Gasteiger partial charge in [0.1, 0.15) is 4.88 Å². The second-order valence-corrected chi connectivity index (χ2v) is 6.02. The minimum Gasteiger partial charge on any atom is -0.396 e. The van der Waals surface area contributed by atoms with Gasteiger partial charge < -0.3 is 15.1 Å². The van der Waals surface area contributed by atoms with Crippen LogP contribution >= 0.6 is 11.3 Å². The molecule has 0 spiro atoms. The van der Waals surface area contributed by atoms with Crippen LogP contribution in [0.2, 0.25) is 0 Å². The monoisotopic (exact) mass is 307 g/mol. The minimum atomic E-state index is 0.0245. The summed E-state index contributed by atoms with van der Waals surface area (Å²) in [4.78, 5) is 15.3. The molecular formula is C16H21NO3S. The second-order valence-electron chi connectivity index (χ2n) is 5.10.